The molecule has 2 heteroatoms. The standard InChI is InChI=1S/C47H37NO/c1-47(2,3)45-41(30-17-6-4-7-18-30)42(31-19-8-5-9-20-31)46(37-29-32-21-10-11-22-33(32)44(37)45)48-38-26-14-12-23-34(38)35-25-16-28-40-43(35)36-24-13-15-27-39(36)49-40/h4-28,48H,29H2,1-3H3. The molecule has 1 aromatic heterocycles. The molecule has 7 aromatic carbocycles. The van der Waals surface area contributed by atoms with Crippen LogP contribution in [0.4, 0.5) is 11.4 Å². The molecule has 0 saturated carbocycles. The van der Waals surface area contributed by atoms with Crippen molar-refractivity contribution in [3.63, 3.8) is 0 Å². The number of benzene rings is 7. The van der Waals surface area contributed by atoms with Crippen LogP contribution in [0.1, 0.15) is 37.5 Å². The first-order chi connectivity index (χ1) is 24.0. The van der Waals surface area contributed by atoms with Crippen molar-refractivity contribution in [2.45, 2.75) is 32.6 Å². The van der Waals surface area contributed by atoms with Crippen LogP contribution in [0.25, 0.3) is 66.4 Å². The van der Waals surface area contributed by atoms with E-state index in [-0.39, 0.29) is 5.41 Å². The summed E-state index contributed by atoms with van der Waals surface area (Å²) >= 11 is 0. The Bertz CT molecular complexity index is 2520. The first-order valence-electron chi connectivity index (χ1n) is 17.2. The van der Waals surface area contributed by atoms with Crippen LogP contribution in [0.5, 0.6) is 0 Å². The number of para-hydroxylation sites is 2. The lowest BCUT2D eigenvalue weighted by molar-refractivity contribution is 0.594. The van der Waals surface area contributed by atoms with Crippen molar-refractivity contribution in [2.24, 2.45) is 0 Å². The Morgan fingerprint density at radius 1 is 0.510 bits per heavy atom. The zero-order chi connectivity index (χ0) is 33.1. The van der Waals surface area contributed by atoms with E-state index < -0.39 is 0 Å². The molecule has 0 radical (unpaired) electrons. The SMILES string of the molecule is CC(C)(C)c1c2c(c(Nc3ccccc3-c3cccc4oc5ccccc5c34)c(-c3ccccc3)c1-c1ccccc1)Cc1ccccc1-2. The minimum Gasteiger partial charge on any atom is -0.456 e. The van der Waals surface area contributed by atoms with E-state index in [0.717, 1.165) is 45.2 Å². The molecule has 0 saturated heterocycles. The lowest BCUT2D eigenvalue weighted by Gasteiger charge is -2.32. The predicted molar refractivity (Wildman–Crippen MR) is 207 cm³/mol. The quantitative estimate of drug-likeness (QED) is 0.204. The van der Waals surface area contributed by atoms with Crippen LogP contribution in [0.2, 0.25) is 0 Å². The van der Waals surface area contributed by atoms with Gasteiger partial charge in [0.15, 0.2) is 0 Å². The highest BCUT2D eigenvalue weighted by Gasteiger charge is 2.35. The molecular weight excluding hydrogens is 595 g/mol. The molecule has 9 rings (SSSR count). The molecule has 1 aliphatic carbocycles. The van der Waals surface area contributed by atoms with E-state index >= 15 is 0 Å². The normalized spacial score (nSPS) is 12.3. The van der Waals surface area contributed by atoms with Gasteiger partial charge in [0.2, 0.25) is 0 Å². The maximum absolute atomic E-state index is 6.34. The third-order valence-corrected chi connectivity index (χ3v) is 10.0. The van der Waals surface area contributed by atoms with Gasteiger partial charge in [-0.3, -0.25) is 0 Å². The summed E-state index contributed by atoms with van der Waals surface area (Å²) in [6.07, 6.45) is 0.871. The van der Waals surface area contributed by atoms with E-state index in [4.69, 9.17) is 4.42 Å². The number of hydrogen-bond acceptors (Lipinski definition) is 2. The molecule has 0 bridgehead atoms. The predicted octanol–water partition coefficient (Wildman–Crippen LogP) is 13.2. The van der Waals surface area contributed by atoms with Gasteiger partial charge >= 0.3 is 0 Å². The molecule has 2 nitrogen and oxygen atoms in total. The van der Waals surface area contributed by atoms with Gasteiger partial charge in [-0.25, -0.2) is 0 Å². The summed E-state index contributed by atoms with van der Waals surface area (Å²) in [5.74, 6) is 0. The Labute approximate surface area is 287 Å². The number of rotatable bonds is 5. The molecule has 8 aromatic rings. The Kier molecular flexibility index (Phi) is 6.81. The highest BCUT2D eigenvalue weighted by molar-refractivity contribution is 6.14. The fraction of sp³-hybridized carbons (Fsp3) is 0.106. The van der Waals surface area contributed by atoms with E-state index in [1.807, 2.05) is 6.07 Å². The summed E-state index contributed by atoms with van der Waals surface area (Å²) in [5, 5.41) is 6.41. The largest absolute Gasteiger partial charge is 0.456 e. The van der Waals surface area contributed by atoms with Crippen LogP contribution in [0, 0.1) is 0 Å². The monoisotopic (exact) mass is 631 g/mol. The minimum atomic E-state index is -0.120. The van der Waals surface area contributed by atoms with Gasteiger partial charge in [0, 0.05) is 34.0 Å². The van der Waals surface area contributed by atoms with Crippen molar-refractivity contribution in [1.29, 1.82) is 0 Å². The van der Waals surface area contributed by atoms with Gasteiger partial charge in [-0.2, -0.15) is 0 Å². The average Bonchev–Trinajstić information content (AvgIpc) is 3.71. The Hall–Kier alpha value is -5.86. The number of nitrogens with one attached hydrogen (secondary N) is 1. The summed E-state index contributed by atoms with van der Waals surface area (Å²) in [4.78, 5) is 0. The van der Waals surface area contributed by atoms with E-state index in [2.05, 4.69) is 172 Å². The molecular formula is C47H37NO. The smallest absolute Gasteiger partial charge is 0.136 e. The zero-order valence-corrected chi connectivity index (χ0v) is 28.0. The summed E-state index contributed by atoms with van der Waals surface area (Å²) in [6.45, 7) is 7.09. The molecule has 1 heterocycles. The van der Waals surface area contributed by atoms with Gasteiger partial charge < -0.3 is 9.73 Å². The third kappa shape index (κ3) is 4.78. The van der Waals surface area contributed by atoms with E-state index in [9.17, 15) is 0 Å². The van der Waals surface area contributed by atoms with Crippen LogP contribution >= 0.6 is 0 Å². The van der Waals surface area contributed by atoms with Crippen LogP contribution < -0.4 is 5.32 Å². The summed E-state index contributed by atoms with van der Waals surface area (Å²) < 4.78 is 6.34. The van der Waals surface area contributed by atoms with Gasteiger partial charge in [-0.05, 0) is 73.7 Å². The topological polar surface area (TPSA) is 25.2 Å². The van der Waals surface area contributed by atoms with Crippen LogP contribution in [-0.4, -0.2) is 0 Å². The molecule has 49 heavy (non-hydrogen) atoms. The van der Waals surface area contributed by atoms with Gasteiger partial charge in [0.25, 0.3) is 0 Å². The van der Waals surface area contributed by atoms with Crippen molar-refractivity contribution >= 4 is 33.3 Å². The minimum absolute atomic E-state index is 0.120. The molecule has 0 spiro atoms. The highest BCUT2D eigenvalue weighted by Crippen LogP contribution is 2.56. The van der Waals surface area contributed by atoms with Crippen molar-refractivity contribution in [3.05, 3.63) is 168 Å². The van der Waals surface area contributed by atoms with Gasteiger partial charge in [0.05, 0.1) is 5.69 Å². The Morgan fingerprint density at radius 3 is 1.86 bits per heavy atom. The lowest BCUT2D eigenvalue weighted by atomic mass is 9.73. The second kappa shape index (κ2) is 11.4. The van der Waals surface area contributed by atoms with Crippen LogP contribution in [0.3, 0.4) is 0 Å². The fourth-order valence-corrected chi connectivity index (χ4v) is 8.02. The van der Waals surface area contributed by atoms with E-state index in [0.29, 0.717) is 0 Å². The van der Waals surface area contributed by atoms with Crippen LogP contribution in [-0.2, 0) is 11.8 Å². The maximum atomic E-state index is 6.34. The van der Waals surface area contributed by atoms with Crippen LogP contribution in [0.15, 0.2) is 156 Å². The molecule has 0 fully saturated rings. The molecule has 1 aliphatic rings. The van der Waals surface area contributed by atoms with Gasteiger partial charge in [0.1, 0.15) is 11.2 Å². The van der Waals surface area contributed by atoms with E-state index in [1.165, 1.54) is 55.8 Å². The number of hydrogen-bond donors (Lipinski definition) is 1. The molecule has 236 valence electrons. The maximum Gasteiger partial charge on any atom is 0.136 e. The number of fused-ring (bicyclic) bond motifs is 6. The first kappa shape index (κ1) is 29.3. The van der Waals surface area contributed by atoms with Gasteiger partial charge in [-0.15, -0.1) is 0 Å². The second-order valence-corrected chi connectivity index (χ2v) is 14.1. The summed E-state index contributed by atoms with van der Waals surface area (Å²) in [5.41, 5.74) is 18.0. The number of furan rings is 1. The van der Waals surface area contributed by atoms with Crippen molar-refractivity contribution in [1.82, 2.24) is 0 Å². The average molecular weight is 632 g/mol. The fourth-order valence-electron chi connectivity index (χ4n) is 8.02. The van der Waals surface area contributed by atoms with Gasteiger partial charge in [-0.1, -0.05) is 154 Å². The Morgan fingerprint density at radius 2 is 1.10 bits per heavy atom. The molecule has 0 unspecified atom stereocenters. The third-order valence-electron chi connectivity index (χ3n) is 10.0. The van der Waals surface area contributed by atoms with E-state index in [1.54, 1.807) is 0 Å². The first-order valence-corrected chi connectivity index (χ1v) is 17.2. The van der Waals surface area contributed by atoms with Crippen molar-refractivity contribution in [3.8, 4) is 44.5 Å². The zero-order valence-electron chi connectivity index (χ0n) is 28.0. The lowest BCUT2D eigenvalue weighted by Crippen LogP contribution is -2.17. The molecule has 1 N–H and O–H groups in total. The molecule has 0 amide bonds. The summed E-state index contributed by atoms with van der Waals surface area (Å²) in [7, 11) is 0. The highest BCUT2D eigenvalue weighted by atomic mass is 16.3. The number of anilines is 2. The Balaban J connectivity index is 1.38. The van der Waals surface area contributed by atoms with Crippen molar-refractivity contribution < 1.29 is 4.42 Å². The second-order valence-electron chi connectivity index (χ2n) is 14.1. The molecule has 0 aliphatic heterocycles. The summed E-state index contributed by atoms with van der Waals surface area (Å²) in [6, 6.07) is 54.4. The molecule has 0 atom stereocenters. The van der Waals surface area contributed by atoms with Crippen molar-refractivity contribution in [2.75, 3.05) is 5.32 Å².